The number of ether oxygens (including phenoxy) is 1. The largest absolute Gasteiger partial charge is 0.488 e. The van der Waals surface area contributed by atoms with Crippen molar-refractivity contribution in [3.63, 3.8) is 0 Å². The molecule has 0 heterocycles. The van der Waals surface area contributed by atoms with Crippen molar-refractivity contribution in [2.45, 2.75) is 20.0 Å². The standard InChI is InChI=1S/C19H21ClN2O3/c1-2-11-21-18(23)12-22-19(24)16-5-3-4-6-17(16)25-13-14-7-9-15(20)10-8-14/h3-10H,2,11-13H2,1H3,(H,21,23)(H,22,24). The fraction of sp³-hybridized carbons (Fsp3) is 0.263. The van der Waals surface area contributed by atoms with Gasteiger partial charge in [-0.3, -0.25) is 9.59 Å². The molecule has 0 saturated heterocycles. The molecule has 2 N–H and O–H groups in total. The van der Waals surface area contributed by atoms with Crippen LogP contribution in [0.25, 0.3) is 0 Å². The second kappa shape index (κ2) is 9.69. The molecule has 0 radical (unpaired) electrons. The predicted octanol–water partition coefficient (Wildman–Crippen LogP) is 3.18. The van der Waals surface area contributed by atoms with E-state index in [4.69, 9.17) is 16.3 Å². The molecule has 5 nitrogen and oxygen atoms in total. The zero-order valence-corrected chi connectivity index (χ0v) is 14.8. The van der Waals surface area contributed by atoms with E-state index in [1.807, 2.05) is 19.1 Å². The van der Waals surface area contributed by atoms with Gasteiger partial charge < -0.3 is 15.4 Å². The van der Waals surface area contributed by atoms with Crippen LogP contribution in [0, 0.1) is 0 Å². The van der Waals surface area contributed by atoms with Gasteiger partial charge in [0.1, 0.15) is 12.4 Å². The summed E-state index contributed by atoms with van der Waals surface area (Å²) in [6.45, 7) is 2.81. The number of hydrogen-bond donors (Lipinski definition) is 2. The van der Waals surface area contributed by atoms with E-state index in [1.165, 1.54) is 0 Å². The van der Waals surface area contributed by atoms with Gasteiger partial charge in [0.15, 0.2) is 0 Å². The van der Waals surface area contributed by atoms with Gasteiger partial charge >= 0.3 is 0 Å². The van der Waals surface area contributed by atoms with Crippen LogP contribution in [0.3, 0.4) is 0 Å². The average Bonchev–Trinajstić information content (AvgIpc) is 2.64. The third-order valence-electron chi connectivity index (χ3n) is 3.42. The maximum atomic E-state index is 12.3. The van der Waals surface area contributed by atoms with Gasteiger partial charge in [0.05, 0.1) is 12.1 Å². The number of halogens is 1. The third-order valence-corrected chi connectivity index (χ3v) is 3.67. The first-order valence-corrected chi connectivity index (χ1v) is 8.49. The Morgan fingerprint density at radius 1 is 1.04 bits per heavy atom. The Morgan fingerprint density at radius 2 is 1.76 bits per heavy atom. The van der Waals surface area contributed by atoms with Crippen LogP contribution in [0.1, 0.15) is 29.3 Å². The van der Waals surface area contributed by atoms with Crippen LogP contribution in [0.2, 0.25) is 5.02 Å². The summed E-state index contributed by atoms with van der Waals surface area (Å²) in [5.41, 5.74) is 1.33. The molecule has 132 valence electrons. The third kappa shape index (κ3) is 6.12. The average molecular weight is 361 g/mol. The van der Waals surface area contributed by atoms with Crippen LogP contribution in [-0.2, 0) is 11.4 Å². The minimum absolute atomic E-state index is 0.0651. The number of rotatable bonds is 8. The van der Waals surface area contributed by atoms with Crippen LogP contribution in [0.5, 0.6) is 5.75 Å². The summed E-state index contributed by atoms with van der Waals surface area (Å²) >= 11 is 5.86. The van der Waals surface area contributed by atoms with Gasteiger partial charge in [0, 0.05) is 11.6 Å². The molecule has 2 aromatic rings. The van der Waals surface area contributed by atoms with Crippen LogP contribution >= 0.6 is 11.6 Å². The number of benzene rings is 2. The molecule has 0 saturated carbocycles. The molecule has 0 bridgehead atoms. The van der Waals surface area contributed by atoms with E-state index < -0.39 is 0 Å². The number of hydrogen-bond acceptors (Lipinski definition) is 3. The zero-order valence-electron chi connectivity index (χ0n) is 14.0. The van der Waals surface area contributed by atoms with Gasteiger partial charge in [-0.2, -0.15) is 0 Å². The number of amides is 2. The van der Waals surface area contributed by atoms with Gasteiger partial charge in [-0.1, -0.05) is 42.8 Å². The maximum Gasteiger partial charge on any atom is 0.255 e. The van der Waals surface area contributed by atoms with Crippen molar-refractivity contribution < 1.29 is 14.3 Å². The quantitative estimate of drug-likeness (QED) is 0.759. The van der Waals surface area contributed by atoms with Gasteiger partial charge in [0.25, 0.3) is 5.91 Å². The number of carbonyl (C=O) groups is 2. The van der Waals surface area contributed by atoms with Crippen LogP contribution in [0.4, 0.5) is 0 Å². The fourth-order valence-corrected chi connectivity index (χ4v) is 2.23. The molecule has 0 spiro atoms. The molecule has 2 rings (SSSR count). The van der Waals surface area contributed by atoms with E-state index in [0.29, 0.717) is 29.5 Å². The van der Waals surface area contributed by atoms with E-state index in [0.717, 1.165) is 12.0 Å². The van der Waals surface area contributed by atoms with Crippen molar-refractivity contribution in [1.29, 1.82) is 0 Å². The lowest BCUT2D eigenvalue weighted by molar-refractivity contribution is -0.120. The number of para-hydroxylation sites is 1. The Hall–Kier alpha value is -2.53. The normalized spacial score (nSPS) is 10.2. The highest BCUT2D eigenvalue weighted by atomic mass is 35.5. The summed E-state index contributed by atoms with van der Waals surface area (Å²) in [7, 11) is 0. The van der Waals surface area contributed by atoms with E-state index in [-0.39, 0.29) is 18.4 Å². The van der Waals surface area contributed by atoms with E-state index in [2.05, 4.69) is 10.6 Å². The zero-order chi connectivity index (χ0) is 18.1. The first kappa shape index (κ1) is 18.8. The second-order valence-electron chi connectivity index (χ2n) is 5.44. The lowest BCUT2D eigenvalue weighted by Gasteiger charge is -2.12. The SMILES string of the molecule is CCCNC(=O)CNC(=O)c1ccccc1OCc1ccc(Cl)cc1. The van der Waals surface area contributed by atoms with Crippen molar-refractivity contribution in [3.8, 4) is 5.75 Å². The highest BCUT2D eigenvalue weighted by Crippen LogP contribution is 2.20. The molecule has 0 aromatic heterocycles. The lowest BCUT2D eigenvalue weighted by atomic mass is 10.2. The van der Waals surface area contributed by atoms with Crippen molar-refractivity contribution in [3.05, 3.63) is 64.7 Å². The number of carbonyl (C=O) groups excluding carboxylic acids is 2. The van der Waals surface area contributed by atoms with Crippen molar-refractivity contribution >= 4 is 23.4 Å². The predicted molar refractivity (Wildman–Crippen MR) is 97.9 cm³/mol. The van der Waals surface area contributed by atoms with Crippen molar-refractivity contribution in [2.75, 3.05) is 13.1 Å². The summed E-state index contributed by atoms with van der Waals surface area (Å²) in [6, 6.07) is 14.2. The molecule has 0 atom stereocenters. The van der Waals surface area contributed by atoms with E-state index in [9.17, 15) is 9.59 Å². The molecule has 25 heavy (non-hydrogen) atoms. The minimum atomic E-state index is -0.349. The maximum absolute atomic E-state index is 12.3. The smallest absolute Gasteiger partial charge is 0.255 e. The molecule has 0 aliphatic heterocycles. The van der Waals surface area contributed by atoms with Crippen LogP contribution in [-0.4, -0.2) is 24.9 Å². The summed E-state index contributed by atoms with van der Waals surface area (Å²) in [5.74, 6) is -0.1000. The Balaban J connectivity index is 1.95. The Labute approximate surface area is 152 Å². The molecule has 6 heteroatoms. The van der Waals surface area contributed by atoms with E-state index >= 15 is 0 Å². The first-order valence-electron chi connectivity index (χ1n) is 8.11. The van der Waals surface area contributed by atoms with E-state index in [1.54, 1.807) is 36.4 Å². The highest BCUT2D eigenvalue weighted by molar-refractivity contribution is 6.30. The van der Waals surface area contributed by atoms with Gasteiger partial charge in [-0.05, 0) is 36.2 Å². The molecular weight excluding hydrogens is 340 g/mol. The molecule has 0 unspecified atom stereocenters. The Bertz CT molecular complexity index is 717. The Kier molecular flexibility index (Phi) is 7.29. The fourth-order valence-electron chi connectivity index (χ4n) is 2.10. The van der Waals surface area contributed by atoms with Gasteiger partial charge in [0.2, 0.25) is 5.91 Å². The summed E-state index contributed by atoms with van der Waals surface area (Å²) < 4.78 is 5.75. The highest BCUT2D eigenvalue weighted by Gasteiger charge is 2.13. The summed E-state index contributed by atoms with van der Waals surface area (Å²) in [4.78, 5) is 23.9. The number of nitrogens with one attached hydrogen (secondary N) is 2. The summed E-state index contributed by atoms with van der Waals surface area (Å²) in [5, 5.41) is 5.97. The lowest BCUT2D eigenvalue weighted by Crippen LogP contribution is -2.37. The molecular formula is C19H21ClN2O3. The van der Waals surface area contributed by atoms with Gasteiger partial charge in [-0.15, -0.1) is 0 Å². The molecule has 0 aliphatic rings. The van der Waals surface area contributed by atoms with Crippen molar-refractivity contribution in [2.24, 2.45) is 0 Å². The second-order valence-corrected chi connectivity index (χ2v) is 5.88. The molecule has 0 aliphatic carbocycles. The molecule has 0 fully saturated rings. The molecule has 2 aromatic carbocycles. The van der Waals surface area contributed by atoms with Crippen LogP contribution in [0.15, 0.2) is 48.5 Å². The Morgan fingerprint density at radius 3 is 2.48 bits per heavy atom. The summed E-state index contributed by atoms with van der Waals surface area (Å²) in [6.07, 6.45) is 0.848. The van der Waals surface area contributed by atoms with Crippen LogP contribution < -0.4 is 15.4 Å². The van der Waals surface area contributed by atoms with Crippen molar-refractivity contribution in [1.82, 2.24) is 10.6 Å². The monoisotopic (exact) mass is 360 g/mol. The minimum Gasteiger partial charge on any atom is -0.488 e. The first-order chi connectivity index (χ1) is 12.1. The molecule has 2 amide bonds. The van der Waals surface area contributed by atoms with Gasteiger partial charge in [-0.25, -0.2) is 0 Å². The topological polar surface area (TPSA) is 67.4 Å².